The molecule has 0 aromatic carbocycles. The van der Waals surface area contributed by atoms with Gasteiger partial charge in [0.1, 0.15) is 11.8 Å². The zero-order valence-corrected chi connectivity index (χ0v) is 15.5. The van der Waals surface area contributed by atoms with Crippen LogP contribution >= 0.6 is 12.2 Å². The minimum absolute atomic E-state index is 0.00163. The molecule has 2 aliphatic rings. The van der Waals surface area contributed by atoms with Crippen LogP contribution in [-0.4, -0.2) is 59.3 Å². The van der Waals surface area contributed by atoms with E-state index in [-0.39, 0.29) is 12.1 Å². The lowest BCUT2D eigenvalue weighted by Crippen LogP contribution is -2.38. The monoisotopic (exact) mass is 372 g/mol. The SMILES string of the molecule is S=C1N[C@@H](c2ccccn2)[C@H](c2ccco2)N1CCCN1CCOCC1. The van der Waals surface area contributed by atoms with Crippen molar-refractivity contribution in [1.29, 1.82) is 0 Å². The molecule has 0 amide bonds. The number of nitrogens with one attached hydrogen (secondary N) is 1. The average molecular weight is 372 g/mol. The standard InChI is InChI=1S/C19H24N4O2S/c26-19-21-17(15-5-1-2-7-20-15)18(16-6-3-12-25-16)23(19)9-4-8-22-10-13-24-14-11-22/h1-3,5-7,12,17-18H,4,8-11,13-14H2,(H,21,26)/t17-,18-/m0/s1. The molecule has 0 bridgehead atoms. The Morgan fingerprint density at radius 3 is 2.77 bits per heavy atom. The van der Waals surface area contributed by atoms with Crippen LogP contribution in [0.25, 0.3) is 0 Å². The van der Waals surface area contributed by atoms with Crippen molar-refractivity contribution in [2.75, 3.05) is 39.4 Å². The molecule has 2 aliphatic heterocycles. The van der Waals surface area contributed by atoms with Crippen molar-refractivity contribution >= 4 is 17.3 Å². The summed E-state index contributed by atoms with van der Waals surface area (Å²) < 4.78 is 11.2. The van der Waals surface area contributed by atoms with Crippen LogP contribution in [0.15, 0.2) is 47.2 Å². The largest absolute Gasteiger partial charge is 0.467 e. The van der Waals surface area contributed by atoms with Gasteiger partial charge in [0.2, 0.25) is 0 Å². The molecule has 2 aromatic heterocycles. The summed E-state index contributed by atoms with van der Waals surface area (Å²) in [6.45, 7) is 5.64. The van der Waals surface area contributed by atoms with Gasteiger partial charge in [-0.05, 0) is 42.9 Å². The summed E-state index contributed by atoms with van der Waals surface area (Å²) in [6.07, 6.45) is 4.59. The van der Waals surface area contributed by atoms with Crippen molar-refractivity contribution in [2.24, 2.45) is 0 Å². The van der Waals surface area contributed by atoms with E-state index < -0.39 is 0 Å². The van der Waals surface area contributed by atoms with E-state index in [0.717, 1.165) is 62.4 Å². The number of pyridine rings is 1. The van der Waals surface area contributed by atoms with Gasteiger partial charge in [0.15, 0.2) is 5.11 Å². The molecule has 2 saturated heterocycles. The second-order valence-electron chi connectivity index (χ2n) is 6.64. The van der Waals surface area contributed by atoms with Gasteiger partial charge in [-0.25, -0.2) is 0 Å². The van der Waals surface area contributed by atoms with Gasteiger partial charge in [0.25, 0.3) is 0 Å². The van der Waals surface area contributed by atoms with E-state index in [1.165, 1.54) is 0 Å². The molecule has 0 radical (unpaired) electrons. The van der Waals surface area contributed by atoms with Gasteiger partial charge in [0.05, 0.1) is 31.2 Å². The zero-order chi connectivity index (χ0) is 17.8. The predicted molar refractivity (Wildman–Crippen MR) is 103 cm³/mol. The molecule has 7 heteroatoms. The molecular weight excluding hydrogens is 348 g/mol. The van der Waals surface area contributed by atoms with E-state index in [0.29, 0.717) is 0 Å². The van der Waals surface area contributed by atoms with Gasteiger partial charge < -0.3 is 19.4 Å². The Morgan fingerprint density at radius 1 is 1.15 bits per heavy atom. The summed E-state index contributed by atoms with van der Waals surface area (Å²) in [6, 6.07) is 9.94. The van der Waals surface area contributed by atoms with Gasteiger partial charge in [-0.1, -0.05) is 6.07 Å². The maximum absolute atomic E-state index is 5.75. The summed E-state index contributed by atoms with van der Waals surface area (Å²) in [4.78, 5) is 9.23. The Hall–Kier alpha value is -1.96. The first-order valence-electron chi connectivity index (χ1n) is 9.14. The smallest absolute Gasteiger partial charge is 0.170 e. The molecule has 26 heavy (non-hydrogen) atoms. The molecule has 0 aliphatic carbocycles. The molecule has 6 nitrogen and oxygen atoms in total. The highest BCUT2D eigenvalue weighted by Crippen LogP contribution is 2.38. The quantitative estimate of drug-likeness (QED) is 0.781. The van der Waals surface area contributed by atoms with E-state index in [2.05, 4.69) is 20.1 Å². The summed E-state index contributed by atoms with van der Waals surface area (Å²) in [5.41, 5.74) is 0.979. The molecule has 1 N–H and O–H groups in total. The fraction of sp³-hybridized carbons (Fsp3) is 0.474. The van der Waals surface area contributed by atoms with Crippen molar-refractivity contribution < 1.29 is 9.15 Å². The van der Waals surface area contributed by atoms with Crippen LogP contribution in [0.5, 0.6) is 0 Å². The molecule has 2 aromatic rings. The maximum Gasteiger partial charge on any atom is 0.170 e. The first-order chi connectivity index (χ1) is 12.8. The molecule has 4 heterocycles. The lowest BCUT2D eigenvalue weighted by molar-refractivity contribution is 0.0365. The number of hydrogen-bond donors (Lipinski definition) is 1. The first kappa shape index (κ1) is 17.5. The number of thiocarbonyl (C=S) groups is 1. The number of aromatic nitrogens is 1. The number of hydrogen-bond acceptors (Lipinski definition) is 5. The summed E-state index contributed by atoms with van der Waals surface area (Å²) >= 11 is 5.65. The van der Waals surface area contributed by atoms with Crippen molar-refractivity contribution in [1.82, 2.24) is 20.1 Å². The zero-order valence-electron chi connectivity index (χ0n) is 14.7. The Labute approximate surface area is 159 Å². The van der Waals surface area contributed by atoms with Crippen molar-refractivity contribution in [3.63, 3.8) is 0 Å². The third kappa shape index (κ3) is 3.75. The minimum atomic E-state index is -0.00163. The third-order valence-corrected chi connectivity index (χ3v) is 5.36. The second-order valence-corrected chi connectivity index (χ2v) is 7.03. The van der Waals surface area contributed by atoms with Crippen LogP contribution in [0.1, 0.15) is 30.0 Å². The number of furan rings is 1. The fourth-order valence-electron chi connectivity index (χ4n) is 3.70. The number of ether oxygens (including phenoxy) is 1. The fourth-order valence-corrected chi connectivity index (χ4v) is 4.04. The van der Waals surface area contributed by atoms with Crippen LogP contribution in [0.4, 0.5) is 0 Å². The average Bonchev–Trinajstić information content (AvgIpc) is 3.32. The van der Waals surface area contributed by atoms with E-state index >= 15 is 0 Å². The van der Waals surface area contributed by atoms with Gasteiger partial charge >= 0.3 is 0 Å². The third-order valence-electron chi connectivity index (χ3n) is 5.01. The Bertz CT molecular complexity index is 704. The molecule has 0 unspecified atom stereocenters. The van der Waals surface area contributed by atoms with Gasteiger partial charge in [-0.3, -0.25) is 9.88 Å². The second kappa shape index (κ2) is 8.16. The molecule has 2 fully saturated rings. The molecule has 0 saturated carbocycles. The van der Waals surface area contributed by atoms with Gasteiger partial charge in [0, 0.05) is 32.4 Å². The van der Waals surface area contributed by atoms with E-state index in [4.69, 9.17) is 21.4 Å². The highest BCUT2D eigenvalue weighted by Gasteiger charge is 2.41. The van der Waals surface area contributed by atoms with Crippen LogP contribution in [0.2, 0.25) is 0 Å². The Balaban J connectivity index is 1.48. The van der Waals surface area contributed by atoms with Crippen molar-refractivity contribution in [3.05, 3.63) is 54.2 Å². The normalized spacial score (nSPS) is 24.0. The summed E-state index contributed by atoms with van der Waals surface area (Å²) in [7, 11) is 0. The first-order valence-corrected chi connectivity index (χ1v) is 9.55. The van der Waals surface area contributed by atoms with E-state index in [1.54, 1.807) is 6.26 Å². The topological polar surface area (TPSA) is 53.8 Å². The predicted octanol–water partition coefficient (Wildman–Crippen LogP) is 2.37. The highest BCUT2D eigenvalue weighted by molar-refractivity contribution is 7.80. The molecule has 0 spiro atoms. The van der Waals surface area contributed by atoms with Crippen LogP contribution in [-0.2, 0) is 4.74 Å². The molecule has 4 rings (SSSR count). The lowest BCUT2D eigenvalue weighted by Gasteiger charge is -2.29. The minimum Gasteiger partial charge on any atom is -0.467 e. The maximum atomic E-state index is 5.75. The molecule has 138 valence electrons. The Kier molecular flexibility index (Phi) is 5.48. The van der Waals surface area contributed by atoms with Gasteiger partial charge in [-0.2, -0.15) is 0 Å². The number of rotatable bonds is 6. The highest BCUT2D eigenvalue weighted by atomic mass is 32.1. The summed E-state index contributed by atoms with van der Waals surface area (Å²) in [5.74, 6) is 0.916. The van der Waals surface area contributed by atoms with Crippen molar-refractivity contribution in [2.45, 2.75) is 18.5 Å². The van der Waals surface area contributed by atoms with Crippen LogP contribution in [0, 0.1) is 0 Å². The van der Waals surface area contributed by atoms with Crippen LogP contribution in [0.3, 0.4) is 0 Å². The van der Waals surface area contributed by atoms with Crippen molar-refractivity contribution in [3.8, 4) is 0 Å². The number of morpholine rings is 1. The van der Waals surface area contributed by atoms with Gasteiger partial charge in [-0.15, -0.1) is 0 Å². The number of nitrogens with zero attached hydrogens (tertiary/aromatic N) is 3. The molecule has 2 atom stereocenters. The molecular formula is C19H24N4O2S. The van der Waals surface area contributed by atoms with E-state index in [1.807, 2.05) is 36.5 Å². The summed E-state index contributed by atoms with van der Waals surface area (Å²) in [5, 5.41) is 4.22. The lowest BCUT2D eigenvalue weighted by atomic mass is 10.0. The van der Waals surface area contributed by atoms with E-state index in [9.17, 15) is 0 Å². The Morgan fingerprint density at radius 2 is 2.04 bits per heavy atom. The van der Waals surface area contributed by atoms with Crippen LogP contribution < -0.4 is 5.32 Å².